The highest BCUT2D eigenvalue weighted by atomic mass is 32.1. The molecule has 0 spiro atoms. The van der Waals surface area contributed by atoms with Gasteiger partial charge >= 0.3 is 0 Å². The molecule has 0 aliphatic carbocycles. The Kier molecular flexibility index (Phi) is 5.04. The number of carbonyl (C=O) groups excluding carboxylic acids is 1. The first kappa shape index (κ1) is 18.1. The van der Waals surface area contributed by atoms with Crippen molar-refractivity contribution in [2.24, 2.45) is 0 Å². The fourth-order valence-corrected chi connectivity index (χ4v) is 4.05. The van der Waals surface area contributed by atoms with Crippen LogP contribution >= 0.6 is 11.3 Å². The molecule has 0 saturated carbocycles. The number of amides is 1. The molecule has 4 aromatic rings. The highest BCUT2D eigenvalue weighted by Gasteiger charge is 2.17. The number of carbonyl (C=O) groups is 1. The molecule has 4 heteroatoms. The van der Waals surface area contributed by atoms with Gasteiger partial charge in [-0.15, -0.1) is 0 Å². The molecule has 4 rings (SSSR count). The van der Waals surface area contributed by atoms with E-state index in [2.05, 4.69) is 48.6 Å². The van der Waals surface area contributed by atoms with Crippen LogP contribution in [0.3, 0.4) is 0 Å². The van der Waals surface area contributed by atoms with E-state index in [4.69, 9.17) is 4.98 Å². The van der Waals surface area contributed by atoms with Gasteiger partial charge in [0.05, 0.1) is 10.6 Å². The van der Waals surface area contributed by atoms with Gasteiger partial charge < -0.3 is 0 Å². The lowest BCUT2D eigenvalue weighted by Crippen LogP contribution is -2.12. The lowest BCUT2D eigenvalue weighted by molar-refractivity contribution is 0.102. The summed E-state index contributed by atoms with van der Waals surface area (Å²) < 4.78 is 0. The number of hydrogen-bond acceptors (Lipinski definition) is 3. The minimum Gasteiger partial charge on any atom is -0.298 e. The van der Waals surface area contributed by atoms with Gasteiger partial charge in [0, 0.05) is 11.1 Å². The maximum Gasteiger partial charge on any atom is 0.257 e. The van der Waals surface area contributed by atoms with Crippen LogP contribution in [-0.4, -0.2) is 10.9 Å². The summed E-state index contributed by atoms with van der Waals surface area (Å²) in [7, 11) is 0. The fraction of sp³-hybridized carbons (Fsp3) is 0.0833. The molecule has 1 N–H and O–H groups in total. The molecular weight excluding hydrogens is 364 g/mol. The van der Waals surface area contributed by atoms with Crippen LogP contribution < -0.4 is 5.32 Å². The maximum atomic E-state index is 12.7. The summed E-state index contributed by atoms with van der Waals surface area (Å²) in [6.45, 7) is 4.00. The van der Waals surface area contributed by atoms with E-state index < -0.39 is 0 Å². The third-order valence-electron chi connectivity index (χ3n) is 4.60. The first-order valence-corrected chi connectivity index (χ1v) is 9.94. The first-order chi connectivity index (χ1) is 13.6. The average Bonchev–Trinajstić information content (AvgIpc) is 3.13. The first-order valence-electron chi connectivity index (χ1n) is 9.12. The third-order valence-corrected chi connectivity index (χ3v) is 5.62. The predicted octanol–water partition coefficient (Wildman–Crippen LogP) is 6.35. The summed E-state index contributed by atoms with van der Waals surface area (Å²) in [5.74, 6) is -0.137. The normalized spacial score (nSPS) is 10.6. The Balaban J connectivity index is 1.74. The standard InChI is InChI=1S/C24H20N2OS/c1-16-12-14-18(15-13-16)21-22(19-9-4-3-5-10-19)28-24(25-21)26-23(27)20-11-7-6-8-17(20)2/h3-15H,1-2H3,(H,25,26,27). The van der Waals surface area contributed by atoms with E-state index >= 15 is 0 Å². The van der Waals surface area contributed by atoms with Gasteiger partial charge in [-0.1, -0.05) is 89.7 Å². The van der Waals surface area contributed by atoms with Crippen molar-refractivity contribution in [1.82, 2.24) is 4.98 Å². The van der Waals surface area contributed by atoms with Crippen molar-refractivity contribution in [3.8, 4) is 21.7 Å². The largest absolute Gasteiger partial charge is 0.298 e. The molecule has 3 nitrogen and oxygen atoms in total. The number of aryl methyl sites for hydroxylation is 2. The molecular formula is C24H20N2OS. The molecule has 0 atom stereocenters. The second kappa shape index (κ2) is 7.79. The Hall–Kier alpha value is -3.24. The molecule has 0 bridgehead atoms. The van der Waals surface area contributed by atoms with Crippen LogP contribution in [-0.2, 0) is 0 Å². The molecule has 0 unspecified atom stereocenters. The Morgan fingerprint density at radius 3 is 2.21 bits per heavy atom. The molecule has 0 aliphatic rings. The lowest BCUT2D eigenvalue weighted by Gasteiger charge is -2.04. The maximum absolute atomic E-state index is 12.7. The molecule has 0 aliphatic heterocycles. The zero-order chi connectivity index (χ0) is 19.5. The molecule has 0 radical (unpaired) electrons. The van der Waals surface area contributed by atoms with Crippen LogP contribution in [0, 0.1) is 13.8 Å². The third kappa shape index (κ3) is 3.73. The SMILES string of the molecule is Cc1ccc(-c2nc(NC(=O)c3ccccc3C)sc2-c2ccccc2)cc1. The van der Waals surface area contributed by atoms with Crippen molar-refractivity contribution in [3.05, 3.63) is 95.6 Å². The Bertz CT molecular complexity index is 1120. The van der Waals surface area contributed by atoms with E-state index in [1.807, 2.05) is 49.4 Å². The molecule has 1 aromatic heterocycles. The number of rotatable bonds is 4. The summed E-state index contributed by atoms with van der Waals surface area (Å²) >= 11 is 1.50. The number of thiazole rings is 1. The van der Waals surface area contributed by atoms with Gasteiger partial charge in [-0.25, -0.2) is 4.98 Å². The average molecular weight is 385 g/mol. The number of aromatic nitrogens is 1. The predicted molar refractivity (Wildman–Crippen MR) is 117 cm³/mol. The van der Waals surface area contributed by atoms with E-state index in [9.17, 15) is 4.79 Å². The number of nitrogens with zero attached hydrogens (tertiary/aromatic N) is 1. The molecule has 28 heavy (non-hydrogen) atoms. The summed E-state index contributed by atoms with van der Waals surface area (Å²) in [6, 6.07) is 26.0. The van der Waals surface area contributed by atoms with Crippen LogP contribution in [0.1, 0.15) is 21.5 Å². The monoisotopic (exact) mass is 384 g/mol. The molecule has 0 saturated heterocycles. The summed E-state index contributed by atoms with van der Waals surface area (Å²) in [6.07, 6.45) is 0. The van der Waals surface area contributed by atoms with E-state index in [1.165, 1.54) is 16.9 Å². The van der Waals surface area contributed by atoms with Gasteiger partial charge in [0.1, 0.15) is 0 Å². The number of nitrogens with one attached hydrogen (secondary N) is 1. The van der Waals surface area contributed by atoms with Crippen molar-refractivity contribution < 1.29 is 4.79 Å². The van der Waals surface area contributed by atoms with Gasteiger partial charge in [-0.2, -0.15) is 0 Å². The van der Waals surface area contributed by atoms with Crippen molar-refractivity contribution in [2.75, 3.05) is 5.32 Å². The zero-order valence-electron chi connectivity index (χ0n) is 15.8. The van der Waals surface area contributed by atoms with Gasteiger partial charge in [-0.05, 0) is 31.0 Å². The van der Waals surface area contributed by atoms with Gasteiger partial charge in [0.2, 0.25) is 0 Å². The summed E-state index contributed by atoms with van der Waals surface area (Å²) in [4.78, 5) is 18.5. The highest BCUT2D eigenvalue weighted by molar-refractivity contribution is 7.19. The summed E-state index contributed by atoms with van der Waals surface area (Å²) in [5, 5.41) is 3.58. The quantitative estimate of drug-likeness (QED) is 0.446. The van der Waals surface area contributed by atoms with Crippen molar-refractivity contribution >= 4 is 22.4 Å². The second-order valence-electron chi connectivity index (χ2n) is 6.70. The molecule has 1 amide bonds. The Morgan fingerprint density at radius 1 is 0.821 bits per heavy atom. The van der Waals surface area contributed by atoms with Crippen molar-refractivity contribution in [1.29, 1.82) is 0 Å². The van der Waals surface area contributed by atoms with E-state index in [1.54, 1.807) is 0 Å². The molecule has 0 fully saturated rings. The molecule has 138 valence electrons. The van der Waals surface area contributed by atoms with Crippen LogP contribution in [0.5, 0.6) is 0 Å². The lowest BCUT2D eigenvalue weighted by atomic mass is 10.1. The summed E-state index contributed by atoms with van der Waals surface area (Å²) in [5.41, 5.74) is 5.82. The fourth-order valence-electron chi connectivity index (χ4n) is 3.06. The van der Waals surface area contributed by atoms with Crippen LogP contribution in [0.25, 0.3) is 21.7 Å². The van der Waals surface area contributed by atoms with Crippen LogP contribution in [0.2, 0.25) is 0 Å². The zero-order valence-corrected chi connectivity index (χ0v) is 16.6. The van der Waals surface area contributed by atoms with E-state index in [0.29, 0.717) is 10.7 Å². The Morgan fingerprint density at radius 2 is 1.50 bits per heavy atom. The smallest absolute Gasteiger partial charge is 0.257 e. The topological polar surface area (TPSA) is 42.0 Å². The highest BCUT2D eigenvalue weighted by Crippen LogP contribution is 2.39. The van der Waals surface area contributed by atoms with Gasteiger partial charge in [-0.3, -0.25) is 10.1 Å². The number of hydrogen-bond donors (Lipinski definition) is 1. The van der Waals surface area contributed by atoms with Crippen LogP contribution in [0.4, 0.5) is 5.13 Å². The van der Waals surface area contributed by atoms with E-state index in [0.717, 1.165) is 27.3 Å². The number of anilines is 1. The minimum absolute atomic E-state index is 0.137. The number of benzene rings is 3. The van der Waals surface area contributed by atoms with Crippen LogP contribution in [0.15, 0.2) is 78.9 Å². The van der Waals surface area contributed by atoms with Gasteiger partial charge in [0.15, 0.2) is 5.13 Å². The van der Waals surface area contributed by atoms with Gasteiger partial charge in [0.25, 0.3) is 5.91 Å². The molecule has 1 heterocycles. The minimum atomic E-state index is -0.137. The van der Waals surface area contributed by atoms with E-state index in [-0.39, 0.29) is 5.91 Å². The van der Waals surface area contributed by atoms with Crippen molar-refractivity contribution in [2.45, 2.75) is 13.8 Å². The molecule has 3 aromatic carbocycles. The second-order valence-corrected chi connectivity index (χ2v) is 7.70. The Labute approximate surface area is 168 Å². The van der Waals surface area contributed by atoms with Crippen molar-refractivity contribution in [3.63, 3.8) is 0 Å².